The number of halogens is 1. The second kappa shape index (κ2) is 3.94. The van der Waals surface area contributed by atoms with E-state index in [2.05, 4.69) is 10.4 Å². The van der Waals surface area contributed by atoms with Crippen LogP contribution in [-0.2, 0) is 18.3 Å². The van der Waals surface area contributed by atoms with E-state index in [0.717, 1.165) is 24.3 Å². The minimum Gasteiger partial charge on any atom is -0.315 e. The molecule has 82 valence electrons. The van der Waals surface area contributed by atoms with Gasteiger partial charge in [0.25, 0.3) is 0 Å². The molecule has 4 nitrogen and oxygen atoms in total. The molecule has 2 heterocycles. The summed E-state index contributed by atoms with van der Waals surface area (Å²) in [5, 5.41) is 7.85. The maximum absolute atomic E-state index is 11.8. The van der Waals surface area contributed by atoms with Gasteiger partial charge in [0.15, 0.2) is 0 Å². The molecular weight excluding hydrogens is 214 g/mol. The van der Waals surface area contributed by atoms with Crippen LogP contribution in [0.4, 0.5) is 0 Å². The van der Waals surface area contributed by atoms with Gasteiger partial charge in [-0.1, -0.05) is 11.6 Å². The average Bonchev–Trinajstić information content (AvgIpc) is 2.29. The molecule has 0 aromatic carbocycles. The van der Waals surface area contributed by atoms with E-state index < -0.39 is 0 Å². The predicted octanol–water partition coefficient (Wildman–Crippen LogP) is 0.713. The molecule has 0 radical (unpaired) electrons. The predicted molar refractivity (Wildman–Crippen MR) is 58.0 cm³/mol. The minimum atomic E-state index is 0.167. The van der Waals surface area contributed by atoms with Crippen LogP contribution in [0.5, 0.6) is 0 Å². The molecule has 0 spiro atoms. The summed E-state index contributed by atoms with van der Waals surface area (Å²) in [6.07, 6.45) is 0.408. The largest absolute Gasteiger partial charge is 0.315 e. The molecule has 0 saturated carbocycles. The van der Waals surface area contributed by atoms with Gasteiger partial charge in [-0.2, -0.15) is 5.10 Å². The van der Waals surface area contributed by atoms with E-state index >= 15 is 0 Å². The van der Waals surface area contributed by atoms with Crippen molar-refractivity contribution in [1.82, 2.24) is 15.1 Å². The van der Waals surface area contributed by atoms with E-state index in [1.165, 1.54) is 0 Å². The van der Waals surface area contributed by atoms with Gasteiger partial charge >= 0.3 is 0 Å². The van der Waals surface area contributed by atoms with Gasteiger partial charge < -0.3 is 5.32 Å². The van der Waals surface area contributed by atoms with E-state index in [4.69, 9.17) is 11.6 Å². The number of hydrogen-bond donors (Lipinski definition) is 1. The van der Waals surface area contributed by atoms with Gasteiger partial charge in [-0.25, -0.2) is 0 Å². The third-order valence-electron chi connectivity index (χ3n) is 2.86. The van der Waals surface area contributed by atoms with Crippen molar-refractivity contribution in [2.24, 2.45) is 13.0 Å². The Morgan fingerprint density at radius 2 is 2.33 bits per heavy atom. The molecule has 1 aromatic heterocycles. The number of carbonyl (C=O) groups excluding carboxylic acids is 1. The van der Waals surface area contributed by atoms with E-state index in [1.54, 1.807) is 11.7 Å². The van der Waals surface area contributed by atoms with Crippen molar-refractivity contribution in [2.75, 3.05) is 13.1 Å². The quantitative estimate of drug-likeness (QED) is 0.828. The summed E-state index contributed by atoms with van der Waals surface area (Å²) < 4.78 is 1.61. The second-order valence-corrected chi connectivity index (χ2v) is 4.33. The molecule has 5 heteroatoms. The Labute approximate surface area is 93.6 Å². The highest BCUT2D eigenvalue weighted by molar-refractivity contribution is 6.30. The van der Waals surface area contributed by atoms with Crippen LogP contribution in [0.15, 0.2) is 0 Å². The second-order valence-electron chi connectivity index (χ2n) is 3.98. The van der Waals surface area contributed by atoms with Crippen molar-refractivity contribution >= 4 is 17.4 Å². The fourth-order valence-corrected chi connectivity index (χ4v) is 1.95. The number of nitrogens with zero attached hydrogens (tertiary/aromatic N) is 2. The van der Waals surface area contributed by atoms with Crippen LogP contribution in [0.2, 0.25) is 5.15 Å². The van der Waals surface area contributed by atoms with Crippen molar-refractivity contribution in [1.29, 1.82) is 0 Å². The lowest BCUT2D eigenvalue weighted by atomic mass is 9.93. The van der Waals surface area contributed by atoms with Crippen molar-refractivity contribution in [3.8, 4) is 0 Å². The van der Waals surface area contributed by atoms with Gasteiger partial charge in [0, 0.05) is 38.0 Å². The molecule has 0 unspecified atom stereocenters. The molecule has 0 aliphatic carbocycles. The number of Topliss-reactive ketones (excluding diaryl/α,β-unsaturated/α-hetero) is 1. The maximum atomic E-state index is 11.8. The molecule has 0 atom stereocenters. The SMILES string of the molecule is Cc1nn(C)c(Cl)c1CC(=O)C1CNC1. The number of hydrogen-bond acceptors (Lipinski definition) is 3. The van der Waals surface area contributed by atoms with Gasteiger partial charge in [0.1, 0.15) is 10.9 Å². The maximum Gasteiger partial charge on any atom is 0.143 e. The summed E-state index contributed by atoms with van der Waals surface area (Å²) in [7, 11) is 1.79. The molecule has 2 rings (SSSR count). The lowest BCUT2D eigenvalue weighted by Gasteiger charge is -2.25. The lowest BCUT2D eigenvalue weighted by molar-refractivity contribution is -0.123. The Balaban J connectivity index is 2.12. The molecule has 0 bridgehead atoms. The number of nitrogens with one attached hydrogen (secondary N) is 1. The Bertz CT molecular complexity index is 396. The zero-order chi connectivity index (χ0) is 11.0. The van der Waals surface area contributed by atoms with E-state index in [1.807, 2.05) is 6.92 Å². The Hall–Kier alpha value is -0.870. The molecule has 1 aliphatic heterocycles. The molecule has 15 heavy (non-hydrogen) atoms. The van der Waals surface area contributed by atoms with E-state index in [-0.39, 0.29) is 11.7 Å². The summed E-state index contributed by atoms with van der Waals surface area (Å²) in [5.41, 5.74) is 1.72. The van der Waals surface area contributed by atoms with E-state index in [0.29, 0.717) is 11.6 Å². The smallest absolute Gasteiger partial charge is 0.143 e. The molecule has 1 aromatic rings. The summed E-state index contributed by atoms with van der Waals surface area (Å²) >= 11 is 6.06. The standard InChI is InChI=1S/C10H14ClN3O/c1-6-8(10(11)14(2)13-6)3-9(15)7-4-12-5-7/h7,12H,3-5H2,1-2H3. The van der Waals surface area contributed by atoms with Crippen molar-refractivity contribution in [3.05, 3.63) is 16.4 Å². The first kappa shape index (κ1) is 10.6. The fourth-order valence-electron chi connectivity index (χ4n) is 1.71. The van der Waals surface area contributed by atoms with Crippen LogP contribution in [0.1, 0.15) is 11.3 Å². The summed E-state index contributed by atoms with van der Waals surface area (Å²) in [6.45, 7) is 3.49. The van der Waals surface area contributed by atoms with Crippen LogP contribution in [0.3, 0.4) is 0 Å². The van der Waals surface area contributed by atoms with Crippen LogP contribution in [0, 0.1) is 12.8 Å². The normalized spacial score (nSPS) is 16.5. The first-order valence-electron chi connectivity index (χ1n) is 5.01. The molecular formula is C10H14ClN3O. The highest BCUT2D eigenvalue weighted by atomic mass is 35.5. The Morgan fingerprint density at radius 1 is 1.67 bits per heavy atom. The summed E-state index contributed by atoms with van der Waals surface area (Å²) in [6, 6.07) is 0. The molecule has 1 aliphatic rings. The van der Waals surface area contributed by atoms with Gasteiger partial charge in [0.05, 0.1) is 5.69 Å². The van der Waals surface area contributed by atoms with Crippen LogP contribution in [0.25, 0.3) is 0 Å². The number of carbonyl (C=O) groups is 1. The minimum absolute atomic E-state index is 0.167. The van der Waals surface area contributed by atoms with Crippen LogP contribution >= 0.6 is 11.6 Å². The number of aryl methyl sites for hydroxylation is 2. The monoisotopic (exact) mass is 227 g/mol. The third kappa shape index (κ3) is 1.92. The van der Waals surface area contributed by atoms with Gasteiger partial charge in [-0.05, 0) is 6.92 Å². The molecule has 0 amide bonds. The highest BCUT2D eigenvalue weighted by Gasteiger charge is 2.26. The summed E-state index contributed by atoms with van der Waals surface area (Å²) in [4.78, 5) is 11.8. The third-order valence-corrected chi connectivity index (χ3v) is 3.33. The van der Waals surface area contributed by atoms with Gasteiger partial charge in [-0.15, -0.1) is 0 Å². The topological polar surface area (TPSA) is 46.9 Å². The zero-order valence-corrected chi connectivity index (χ0v) is 9.64. The number of rotatable bonds is 3. The van der Waals surface area contributed by atoms with Crippen LogP contribution < -0.4 is 5.32 Å². The van der Waals surface area contributed by atoms with Crippen molar-refractivity contribution < 1.29 is 4.79 Å². The molecule has 1 fully saturated rings. The number of aromatic nitrogens is 2. The number of ketones is 1. The average molecular weight is 228 g/mol. The van der Waals surface area contributed by atoms with Gasteiger partial charge in [0.2, 0.25) is 0 Å². The molecule has 1 N–H and O–H groups in total. The van der Waals surface area contributed by atoms with E-state index in [9.17, 15) is 4.79 Å². The summed E-state index contributed by atoms with van der Waals surface area (Å²) in [5.74, 6) is 0.424. The van der Waals surface area contributed by atoms with Gasteiger partial charge in [-0.3, -0.25) is 9.48 Å². The Kier molecular flexibility index (Phi) is 2.80. The highest BCUT2D eigenvalue weighted by Crippen LogP contribution is 2.21. The fraction of sp³-hybridized carbons (Fsp3) is 0.600. The lowest BCUT2D eigenvalue weighted by Crippen LogP contribution is -2.47. The molecule has 1 saturated heterocycles. The first-order chi connectivity index (χ1) is 7.09. The first-order valence-corrected chi connectivity index (χ1v) is 5.38. The van der Waals surface area contributed by atoms with Crippen molar-refractivity contribution in [2.45, 2.75) is 13.3 Å². The Morgan fingerprint density at radius 3 is 2.73 bits per heavy atom. The van der Waals surface area contributed by atoms with Crippen molar-refractivity contribution in [3.63, 3.8) is 0 Å². The zero-order valence-electron chi connectivity index (χ0n) is 8.88. The van der Waals surface area contributed by atoms with Crippen LogP contribution in [-0.4, -0.2) is 28.7 Å².